The molecule has 3 fully saturated rings. The van der Waals surface area contributed by atoms with Crippen LogP contribution in [0.25, 0.3) is 0 Å². The number of fused-ring (bicyclic) bond motifs is 4. The molecule has 0 saturated carbocycles. The number of amides is 1. The Morgan fingerprint density at radius 3 is 2.42 bits per heavy atom. The molecule has 8 rings (SSSR count). The Balaban J connectivity index is 0.000000162. The first kappa shape index (κ1) is 50.2. The minimum Gasteiger partial charge on any atom is -0.496 e. The third kappa shape index (κ3) is 12.6. The van der Waals surface area contributed by atoms with Gasteiger partial charge in [-0.05, 0) is 113 Å². The first-order valence-corrected chi connectivity index (χ1v) is 25.7. The Morgan fingerprint density at radius 2 is 1.74 bits per heavy atom. The lowest BCUT2D eigenvalue weighted by Gasteiger charge is -2.41. The number of methoxy groups -OCH3 is 1. The molecule has 4 atom stereocenters. The standard InChI is InChI=1S/C17H20N4S.C16H20Cl2N2O.C15H24N2O4S/c1-12-11-13-16(21-9-7-20(2)8-10-21)18-14-5-3-4-6-15(14)19-17(13)22-12;1-20-11-4-6-16(20)13(9-19-21-2)12(8-11)10-3-5-14(17)15(18)7-10;1-5-17(6-2)10-9-16-15(18)13-11-12(22(4,19)20)7-8-14(13)21-3/h3-6,11,19H,7-10H2,1-2H3;3,5,7,9,11-13,16H,4,6,8H2,1-2H3;7-8,11H,5-6,9-10H2,1-4H3,(H,16,18)/b;19-9+;/t;11?,12-,13-,16?;/m.1./s1. The van der Waals surface area contributed by atoms with Crippen LogP contribution in [0.2, 0.25) is 10.0 Å². The highest BCUT2D eigenvalue weighted by Crippen LogP contribution is 2.46. The summed E-state index contributed by atoms with van der Waals surface area (Å²) in [5.41, 5.74) is 4.84. The average molecular weight is 968 g/mol. The van der Waals surface area contributed by atoms with Gasteiger partial charge in [-0.25, -0.2) is 13.4 Å². The van der Waals surface area contributed by atoms with E-state index in [0.717, 1.165) is 75.7 Å². The first-order valence-electron chi connectivity index (χ1n) is 22.3. The van der Waals surface area contributed by atoms with Gasteiger partial charge in [0.15, 0.2) is 9.84 Å². The van der Waals surface area contributed by atoms with Crippen LogP contribution < -0.4 is 15.4 Å². The van der Waals surface area contributed by atoms with E-state index in [-0.39, 0.29) is 16.4 Å². The minimum absolute atomic E-state index is 0.0993. The number of hydrogen-bond acceptors (Lipinski definition) is 13. The molecule has 17 heteroatoms. The fourth-order valence-corrected chi connectivity index (χ4v) is 10.9. The maximum absolute atomic E-state index is 12.3. The predicted octanol–water partition coefficient (Wildman–Crippen LogP) is 8.80. The number of aliphatic imine (C=N–C) groups is 1. The van der Waals surface area contributed by atoms with Crippen molar-refractivity contribution in [2.45, 2.75) is 62.9 Å². The van der Waals surface area contributed by atoms with E-state index >= 15 is 0 Å². The SMILES string of the molecule is CCN(CC)CCNC(=O)c1cc(S(C)(=O)=O)ccc1OC.CO/N=C/[C@H]1C2CCC(C[C@@H]1c1ccc(Cl)c(Cl)c1)N2C.Cc1cc2c(s1)Nc1ccccc1N=C2N1CCN(C)CC1. The predicted molar refractivity (Wildman–Crippen MR) is 268 cm³/mol. The Bertz CT molecular complexity index is 2420. The molecule has 1 aromatic heterocycles. The van der Waals surface area contributed by atoms with E-state index in [2.05, 4.69) is 107 Å². The van der Waals surface area contributed by atoms with Crippen LogP contribution in [-0.2, 0) is 14.7 Å². The minimum atomic E-state index is -3.37. The second kappa shape index (κ2) is 23.0. The largest absolute Gasteiger partial charge is 0.496 e. The highest BCUT2D eigenvalue weighted by molar-refractivity contribution is 7.90. The van der Waals surface area contributed by atoms with Crippen molar-refractivity contribution in [1.29, 1.82) is 0 Å². The van der Waals surface area contributed by atoms with Crippen molar-refractivity contribution in [3.05, 3.63) is 98.3 Å². The summed E-state index contributed by atoms with van der Waals surface area (Å²) in [5, 5.41) is 12.9. The molecule has 2 unspecified atom stereocenters. The maximum Gasteiger partial charge on any atom is 0.255 e. The highest BCUT2D eigenvalue weighted by Gasteiger charge is 2.45. The molecule has 2 N–H and O–H groups in total. The number of para-hydroxylation sites is 2. The summed E-state index contributed by atoms with van der Waals surface area (Å²) in [6, 6.07) is 22.0. The number of hydrogen-bond donors (Lipinski definition) is 2. The molecule has 4 aromatic rings. The van der Waals surface area contributed by atoms with Crippen molar-refractivity contribution >= 4 is 78.7 Å². The van der Waals surface area contributed by atoms with Gasteiger partial charge in [-0.15, -0.1) is 11.3 Å². The van der Waals surface area contributed by atoms with Crippen LogP contribution in [0.3, 0.4) is 0 Å². The van der Waals surface area contributed by atoms with Gasteiger partial charge in [-0.3, -0.25) is 9.69 Å². The van der Waals surface area contributed by atoms with Crippen molar-refractivity contribution in [3.63, 3.8) is 0 Å². The number of anilines is 2. The van der Waals surface area contributed by atoms with Gasteiger partial charge >= 0.3 is 0 Å². The maximum atomic E-state index is 12.3. The Kier molecular flexibility index (Phi) is 17.8. The second-order valence-electron chi connectivity index (χ2n) is 16.9. The summed E-state index contributed by atoms with van der Waals surface area (Å²) in [4.78, 5) is 33.1. The fraction of sp³-hybridized carbons (Fsp3) is 0.479. The molecule has 4 aliphatic heterocycles. The molecule has 0 spiro atoms. The number of aryl methyl sites for hydroxylation is 1. The zero-order valence-corrected chi connectivity index (χ0v) is 42.0. The van der Waals surface area contributed by atoms with Gasteiger partial charge in [0.2, 0.25) is 0 Å². The molecule has 3 saturated heterocycles. The monoisotopic (exact) mass is 966 g/mol. The van der Waals surface area contributed by atoms with Crippen LogP contribution in [0, 0.1) is 12.8 Å². The first-order chi connectivity index (χ1) is 31.1. The summed E-state index contributed by atoms with van der Waals surface area (Å²) >= 11 is 14.1. The third-order valence-electron chi connectivity index (χ3n) is 12.8. The number of piperazine rings is 1. The number of oxime groups is 1. The van der Waals surface area contributed by atoms with E-state index in [0.29, 0.717) is 46.3 Å². The lowest BCUT2D eigenvalue weighted by molar-refractivity contribution is 0.0945. The Labute approximate surface area is 399 Å². The van der Waals surface area contributed by atoms with Gasteiger partial charge in [0, 0.05) is 74.6 Å². The molecule has 0 radical (unpaired) electrons. The molecule has 13 nitrogen and oxygen atoms in total. The van der Waals surface area contributed by atoms with Crippen LogP contribution in [-0.4, -0.2) is 145 Å². The third-order valence-corrected chi connectivity index (χ3v) is 15.6. The van der Waals surface area contributed by atoms with E-state index in [1.165, 1.54) is 59.2 Å². The van der Waals surface area contributed by atoms with Crippen LogP contribution in [0.4, 0.5) is 16.4 Å². The summed E-state index contributed by atoms with van der Waals surface area (Å²) < 4.78 is 28.4. The number of benzene rings is 3. The van der Waals surface area contributed by atoms with E-state index in [1.54, 1.807) is 18.4 Å². The number of thiophene rings is 1. The number of ether oxygens (including phenoxy) is 1. The van der Waals surface area contributed by atoms with Gasteiger partial charge in [0.25, 0.3) is 5.91 Å². The van der Waals surface area contributed by atoms with Crippen LogP contribution in [0.1, 0.15) is 65.4 Å². The normalized spacial score (nSPS) is 20.6. The molecular weight excluding hydrogens is 904 g/mol. The highest BCUT2D eigenvalue weighted by atomic mass is 35.5. The van der Waals surface area contributed by atoms with E-state index in [9.17, 15) is 13.2 Å². The number of piperidine rings is 1. The lowest BCUT2D eigenvalue weighted by atomic mass is 9.77. The molecule has 65 heavy (non-hydrogen) atoms. The summed E-state index contributed by atoms with van der Waals surface area (Å²) in [7, 11) is 4.08. The van der Waals surface area contributed by atoms with Crippen LogP contribution in [0.15, 0.2) is 81.8 Å². The van der Waals surface area contributed by atoms with Crippen LogP contribution >= 0.6 is 34.5 Å². The van der Waals surface area contributed by atoms with Gasteiger partial charge in [-0.1, -0.05) is 60.4 Å². The molecule has 2 bridgehead atoms. The molecular formula is C48H64Cl2N8O5S2. The zero-order chi connectivity index (χ0) is 46.8. The van der Waals surface area contributed by atoms with Crippen molar-refractivity contribution in [1.82, 2.24) is 24.9 Å². The van der Waals surface area contributed by atoms with Gasteiger partial charge in [-0.2, -0.15) is 0 Å². The number of sulfone groups is 1. The van der Waals surface area contributed by atoms with Crippen molar-refractivity contribution in [3.8, 4) is 5.75 Å². The summed E-state index contributed by atoms with van der Waals surface area (Å²) in [6.45, 7) is 13.6. The summed E-state index contributed by atoms with van der Waals surface area (Å²) in [5.74, 6) is 1.91. The molecule has 352 valence electrons. The number of rotatable bonds is 11. The Morgan fingerprint density at radius 1 is 1.00 bits per heavy atom. The van der Waals surface area contributed by atoms with Gasteiger partial charge < -0.3 is 34.9 Å². The number of carbonyl (C=O) groups excluding carboxylic acids is 1. The Hall–Kier alpha value is -4.22. The zero-order valence-electron chi connectivity index (χ0n) is 38.8. The average Bonchev–Trinajstić information content (AvgIpc) is 3.72. The second-order valence-corrected chi connectivity index (χ2v) is 21.0. The molecule has 1 amide bonds. The fourth-order valence-electron chi connectivity index (χ4n) is 9.01. The number of amidine groups is 1. The summed E-state index contributed by atoms with van der Waals surface area (Å²) in [6.07, 6.45) is 6.69. The van der Waals surface area contributed by atoms with Crippen LogP contribution in [0.5, 0.6) is 5.75 Å². The van der Waals surface area contributed by atoms with Crippen molar-refractivity contribution in [2.75, 3.05) is 92.2 Å². The van der Waals surface area contributed by atoms with Gasteiger partial charge in [0.05, 0.1) is 44.6 Å². The van der Waals surface area contributed by atoms with Gasteiger partial charge in [0.1, 0.15) is 23.7 Å². The van der Waals surface area contributed by atoms with E-state index in [4.69, 9.17) is 37.8 Å². The topological polar surface area (TPSA) is 131 Å². The number of likely N-dealkylation sites (N-methyl/N-ethyl adjacent to an activating group) is 2. The number of carbonyl (C=O) groups is 1. The quantitative estimate of drug-likeness (QED) is 0.111. The number of halogens is 2. The van der Waals surface area contributed by atoms with E-state index in [1.807, 2.05) is 18.3 Å². The smallest absolute Gasteiger partial charge is 0.255 e. The lowest BCUT2D eigenvalue weighted by Crippen LogP contribution is -2.47. The molecule has 4 aliphatic rings. The van der Waals surface area contributed by atoms with Crippen molar-refractivity contribution < 1.29 is 22.8 Å². The van der Waals surface area contributed by atoms with Crippen molar-refractivity contribution in [2.24, 2.45) is 16.1 Å². The molecule has 3 aromatic carbocycles. The number of nitrogens with zero attached hydrogens (tertiary/aromatic N) is 6. The molecule has 0 aliphatic carbocycles. The number of nitrogens with one attached hydrogen (secondary N) is 2. The molecule has 5 heterocycles. The van der Waals surface area contributed by atoms with E-state index < -0.39 is 9.84 Å².